The molecule has 27 heavy (non-hydrogen) atoms. The minimum Gasteiger partial charge on any atom is -0.339 e. The average molecular weight is 388 g/mol. The molecule has 4 rings (SSSR count). The summed E-state index contributed by atoms with van der Waals surface area (Å²) >= 11 is 1.70. The predicted octanol–water partition coefficient (Wildman–Crippen LogP) is 2.25. The number of fused-ring (bicyclic) bond motifs is 1. The fraction of sp³-hybridized carbons (Fsp3) is 0.619. The Balaban J connectivity index is 1.25. The Morgan fingerprint density at radius 1 is 1.07 bits per heavy atom. The first-order valence-electron chi connectivity index (χ1n) is 10.2. The van der Waals surface area contributed by atoms with Crippen molar-refractivity contribution in [1.29, 1.82) is 0 Å². The molecule has 0 aromatic heterocycles. The molecule has 0 aliphatic carbocycles. The molecule has 3 heterocycles. The van der Waals surface area contributed by atoms with Gasteiger partial charge in [-0.1, -0.05) is 18.2 Å². The number of thioether (sulfide) groups is 1. The zero-order chi connectivity index (χ0) is 18.8. The lowest BCUT2D eigenvalue weighted by Gasteiger charge is -2.38. The van der Waals surface area contributed by atoms with Gasteiger partial charge in [-0.2, -0.15) is 0 Å². The number of benzene rings is 1. The van der Waals surface area contributed by atoms with Crippen LogP contribution in [0, 0.1) is 0 Å². The van der Waals surface area contributed by atoms with E-state index < -0.39 is 0 Å². The molecule has 0 N–H and O–H groups in total. The molecule has 2 unspecified atom stereocenters. The van der Waals surface area contributed by atoms with E-state index in [1.165, 1.54) is 16.9 Å². The Morgan fingerprint density at radius 3 is 2.59 bits per heavy atom. The van der Waals surface area contributed by atoms with Crippen LogP contribution in [0.1, 0.15) is 31.7 Å². The molecule has 0 bridgehead atoms. The van der Waals surface area contributed by atoms with Crippen LogP contribution in [0.4, 0.5) is 0 Å². The fourth-order valence-corrected chi connectivity index (χ4v) is 5.68. The molecule has 5 nitrogen and oxygen atoms in total. The van der Waals surface area contributed by atoms with Gasteiger partial charge in [0.25, 0.3) is 0 Å². The van der Waals surface area contributed by atoms with Gasteiger partial charge in [0, 0.05) is 43.7 Å². The summed E-state index contributed by atoms with van der Waals surface area (Å²) in [6.07, 6.45) is 4.31. The molecule has 1 aromatic carbocycles. The van der Waals surface area contributed by atoms with Gasteiger partial charge in [-0.05, 0) is 44.2 Å². The molecule has 0 saturated carbocycles. The molecule has 2 atom stereocenters. The van der Waals surface area contributed by atoms with Crippen molar-refractivity contribution in [3.63, 3.8) is 0 Å². The third-order valence-electron chi connectivity index (χ3n) is 6.09. The van der Waals surface area contributed by atoms with E-state index in [2.05, 4.69) is 24.0 Å². The quantitative estimate of drug-likeness (QED) is 0.798. The minimum absolute atomic E-state index is 0.0183. The second kappa shape index (κ2) is 8.23. The molecule has 1 aromatic rings. The van der Waals surface area contributed by atoms with Crippen LogP contribution in [-0.2, 0) is 16.0 Å². The molecule has 3 aliphatic heterocycles. The van der Waals surface area contributed by atoms with Crippen LogP contribution in [0.3, 0.4) is 0 Å². The van der Waals surface area contributed by atoms with Crippen LogP contribution >= 0.6 is 11.8 Å². The van der Waals surface area contributed by atoms with Crippen molar-refractivity contribution in [3.8, 4) is 0 Å². The first-order chi connectivity index (χ1) is 13.1. The van der Waals surface area contributed by atoms with Gasteiger partial charge in [0.05, 0.1) is 11.8 Å². The van der Waals surface area contributed by atoms with Crippen molar-refractivity contribution in [2.75, 3.05) is 39.3 Å². The number of amides is 2. The standard InChI is InChI=1S/C21H29N3O2S/c1-16-6-4-5-9-24(16)20(25)15-22-10-12-23(13-11-22)21(26)19-14-17-7-2-3-8-18(17)27-19/h2-3,7-8,16,19H,4-6,9-15H2,1H3. The molecule has 0 radical (unpaired) electrons. The van der Waals surface area contributed by atoms with E-state index >= 15 is 0 Å². The number of carbonyl (C=O) groups excluding carboxylic acids is 2. The minimum atomic E-state index is 0.0183. The summed E-state index contributed by atoms with van der Waals surface area (Å²) in [5.74, 6) is 0.510. The van der Waals surface area contributed by atoms with Crippen LogP contribution < -0.4 is 0 Å². The van der Waals surface area contributed by atoms with Gasteiger partial charge in [0.2, 0.25) is 11.8 Å². The maximum atomic E-state index is 12.9. The summed E-state index contributed by atoms with van der Waals surface area (Å²) in [6, 6.07) is 8.69. The van der Waals surface area contributed by atoms with Crippen molar-refractivity contribution in [1.82, 2.24) is 14.7 Å². The Bertz CT molecular complexity index is 677. The first kappa shape index (κ1) is 18.8. The Kier molecular flexibility index (Phi) is 5.74. The van der Waals surface area contributed by atoms with Gasteiger partial charge < -0.3 is 9.80 Å². The van der Waals surface area contributed by atoms with Gasteiger partial charge in [-0.15, -0.1) is 11.8 Å². The SMILES string of the molecule is CC1CCCCN1C(=O)CN1CCN(C(=O)C2Cc3ccccc3S2)CC1. The second-order valence-electron chi connectivity index (χ2n) is 7.95. The number of piperidine rings is 1. The van der Waals surface area contributed by atoms with Crippen LogP contribution in [0.25, 0.3) is 0 Å². The number of hydrogen-bond donors (Lipinski definition) is 0. The number of rotatable bonds is 3. The van der Waals surface area contributed by atoms with Crippen LogP contribution in [0.15, 0.2) is 29.2 Å². The zero-order valence-corrected chi connectivity index (χ0v) is 16.9. The average Bonchev–Trinajstić information content (AvgIpc) is 3.12. The summed E-state index contributed by atoms with van der Waals surface area (Å²) in [7, 11) is 0. The van der Waals surface area contributed by atoms with Crippen molar-refractivity contribution in [3.05, 3.63) is 29.8 Å². The molecule has 6 heteroatoms. The fourth-order valence-electron chi connectivity index (χ4n) is 4.40. The predicted molar refractivity (Wildman–Crippen MR) is 108 cm³/mol. The van der Waals surface area contributed by atoms with E-state index in [0.717, 1.165) is 52.0 Å². The highest BCUT2D eigenvalue weighted by atomic mass is 32.2. The highest BCUT2D eigenvalue weighted by molar-refractivity contribution is 8.01. The summed E-state index contributed by atoms with van der Waals surface area (Å²) in [6.45, 7) is 6.61. The van der Waals surface area contributed by atoms with E-state index in [0.29, 0.717) is 12.6 Å². The van der Waals surface area contributed by atoms with Gasteiger partial charge in [0.15, 0.2) is 0 Å². The zero-order valence-electron chi connectivity index (χ0n) is 16.1. The lowest BCUT2D eigenvalue weighted by molar-refractivity contribution is -0.137. The largest absolute Gasteiger partial charge is 0.339 e. The summed E-state index contributed by atoms with van der Waals surface area (Å²) < 4.78 is 0. The van der Waals surface area contributed by atoms with Gasteiger partial charge in [-0.3, -0.25) is 14.5 Å². The molecule has 3 aliphatic rings. The van der Waals surface area contributed by atoms with Crippen LogP contribution in [0.2, 0.25) is 0 Å². The Labute approximate surface area is 166 Å². The molecular formula is C21H29N3O2S. The lowest BCUT2D eigenvalue weighted by atomic mass is 10.0. The normalized spacial score (nSPS) is 26.1. The van der Waals surface area contributed by atoms with Gasteiger partial charge in [0.1, 0.15) is 0 Å². The van der Waals surface area contributed by atoms with Gasteiger partial charge >= 0.3 is 0 Å². The summed E-state index contributed by atoms with van der Waals surface area (Å²) in [5.41, 5.74) is 1.29. The first-order valence-corrected chi connectivity index (χ1v) is 11.0. The van der Waals surface area contributed by atoms with Crippen molar-refractivity contribution >= 4 is 23.6 Å². The topological polar surface area (TPSA) is 43.9 Å². The van der Waals surface area contributed by atoms with E-state index in [9.17, 15) is 9.59 Å². The van der Waals surface area contributed by atoms with Gasteiger partial charge in [-0.25, -0.2) is 0 Å². The summed E-state index contributed by atoms with van der Waals surface area (Å²) in [5, 5.41) is 0.0183. The Hall–Kier alpha value is -1.53. The number of carbonyl (C=O) groups is 2. The number of piperazine rings is 1. The van der Waals surface area contributed by atoms with E-state index in [1.54, 1.807) is 11.8 Å². The van der Waals surface area contributed by atoms with Crippen molar-refractivity contribution < 1.29 is 9.59 Å². The maximum absolute atomic E-state index is 12.9. The van der Waals surface area contributed by atoms with Crippen molar-refractivity contribution in [2.45, 2.75) is 48.8 Å². The lowest BCUT2D eigenvalue weighted by Crippen LogP contribution is -2.54. The highest BCUT2D eigenvalue weighted by Crippen LogP contribution is 2.37. The number of likely N-dealkylation sites (tertiary alicyclic amines) is 1. The summed E-state index contributed by atoms with van der Waals surface area (Å²) in [4.78, 5) is 33.0. The third-order valence-corrected chi connectivity index (χ3v) is 7.39. The van der Waals surface area contributed by atoms with Crippen molar-refractivity contribution in [2.24, 2.45) is 0 Å². The van der Waals surface area contributed by atoms with E-state index in [4.69, 9.17) is 0 Å². The molecule has 2 saturated heterocycles. The van der Waals surface area contributed by atoms with E-state index in [-0.39, 0.29) is 17.1 Å². The van der Waals surface area contributed by atoms with Crippen LogP contribution in [0.5, 0.6) is 0 Å². The molecule has 0 spiro atoms. The molecule has 2 fully saturated rings. The third kappa shape index (κ3) is 4.16. The monoisotopic (exact) mass is 387 g/mol. The molecule has 146 valence electrons. The highest BCUT2D eigenvalue weighted by Gasteiger charge is 2.33. The Morgan fingerprint density at radius 2 is 1.85 bits per heavy atom. The molecule has 2 amide bonds. The maximum Gasteiger partial charge on any atom is 0.236 e. The smallest absolute Gasteiger partial charge is 0.236 e. The van der Waals surface area contributed by atoms with E-state index in [1.807, 2.05) is 21.9 Å². The number of nitrogens with zero attached hydrogens (tertiary/aromatic N) is 3. The number of hydrogen-bond acceptors (Lipinski definition) is 4. The van der Waals surface area contributed by atoms with Crippen LogP contribution in [-0.4, -0.2) is 77.1 Å². The second-order valence-corrected chi connectivity index (χ2v) is 9.20. The molecular weight excluding hydrogens is 358 g/mol.